The van der Waals surface area contributed by atoms with Gasteiger partial charge in [-0.15, -0.1) is 0 Å². The molecular weight excluding hydrogens is 188 g/mol. The van der Waals surface area contributed by atoms with Crippen molar-refractivity contribution in [1.82, 2.24) is 0 Å². The highest BCUT2D eigenvalue weighted by Gasteiger charge is 2.44. The van der Waals surface area contributed by atoms with Crippen LogP contribution in [-0.2, 0) is 10.3 Å². The monoisotopic (exact) mass is 208 g/mol. The van der Waals surface area contributed by atoms with Crippen LogP contribution in [0, 0.1) is 0 Å². The smallest absolute Gasteiger partial charge is 0.120 e. The Labute approximate surface area is 91.9 Å². The van der Waals surface area contributed by atoms with Crippen molar-refractivity contribution >= 4 is 0 Å². The van der Waals surface area contributed by atoms with Gasteiger partial charge in [0.15, 0.2) is 0 Å². The molecule has 0 amide bonds. The van der Waals surface area contributed by atoms with Crippen molar-refractivity contribution in [3.05, 3.63) is 35.9 Å². The molecule has 2 heteroatoms. The number of rotatable bonds is 4. The lowest BCUT2D eigenvalue weighted by atomic mass is 9.77. The number of hydrogen-bond donors (Lipinski definition) is 1. The van der Waals surface area contributed by atoms with Crippen LogP contribution in [0.4, 0.5) is 0 Å². The first-order valence-corrected chi connectivity index (χ1v) is 5.31. The zero-order valence-corrected chi connectivity index (χ0v) is 9.95. The van der Waals surface area contributed by atoms with E-state index in [2.05, 4.69) is 0 Å². The molecule has 0 spiro atoms. The zero-order valence-electron chi connectivity index (χ0n) is 9.95. The zero-order chi connectivity index (χ0) is 11.5. The number of hydrogen-bond acceptors (Lipinski definition) is 2. The molecule has 1 rings (SSSR count). The third-order valence-electron chi connectivity index (χ3n) is 3.07. The van der Waals surface area contributed by atoms with Crippen LogP contribution in [0.5, 0.6) is 0 Å². The lowest BCUT2D eigenvalue weighted by molar-refractivity contribution is -0.160. The molecule has 2 nitrogen and oxygen atoms in total. The van der Waals surface area contributed by atoms with Gasteiger partial charge >= 0.3 is 0 Å². The van der Waals surface area contributed by atoms with Crippen LogP contribution in [0.2, 0.25) is 0 Å². The van der Waals surface area contributed by atoms with Gasteiger partial charge in [-0.2, -0.15) is 0 Å². The molecule has 0 fully saturated rings. The van der Waals surface area contributed by atoms with Gasteiger partial charge in [-0.05, 0) is 25.8 Å². The summed E-state index contributed by atoms with van der Waals surface area (Å²) in [5.74, 6) is 0. The van der Waals surface area contributed by atoms with Crippen LogP contribution in [0.15, 0.2) is 30.3 Å². The molecule has 0 aliphatic carbocycles. The predicted molar refractivity (Wildman–Crippen MR) is 61.7 cm³/mol. The Bertz CT molecular complexity index is 294. The summed E-state index contributed by atoms with van der Waals surface area (Å²) >= 11 is 0. The standard InChI is InChI=1S/C13H20O2/c1-5-13(15-4,12(2,3)14)11-9-7-6-8-10-11/h6-10,14H,5H2,1-4H3. The normalized spacial score (nSPS) is 16.1. The van der Waals surface area contributed by atoms with Crippen LogP contribution >= 0.6 is 0 Å². The molecule has 1 atom stereocenters. The molecule has 0 radical (unpaired) electrons. The van der Waals surface area contributed by atoms with Crippen molar-refractivity contribution < 1.29 is 9.84 Å². The first-order chi connectivity index (χ1) is 6.98. The van der Waals surface area contributed by atoms with Gasteiger partial charge < -0.3 is 9.84 Å². The van der Waals surface area contributed by atoms with Crippen molar-refractivity contribution in [2.75, 3.05) is 7.11 Å². The molecule has 15 heavy (non-hydrogen) atoms. The maximum atomic E-state index is 10.3. The highest BCUT2D eigenvalue weighted by atomic mass is 16.5. The minimum absolute atomic E-state index is 0.631. The number of ether oxygens (including phenoxy) is 1. The third-order valence-corrected chi connectivity index (χ3v) is 3.07. The van der Waals surface area contributed by atoms with Gasteiger partial charge in [0.1, 0.15) is 5.60 Å². The van der Waals surface area contributed by atoms with Crippen molar-refractivity contribution in [2.45, 2.75) is 38.4 Å². The minimum Gasteiger partial charge on any atom is -0.387 e. The molecule has 1 unspecified atom stereocenters. The van der Waals surface area contributed by atoms with E-state index in [1.807, 2.05) is 37.3 Å². The highest BCUT2D eigenvalue weighted by Crippen LogP contribution is 2.38. The molecule has 1 N–H and O–H groups in total. The van der Waals surface area contributed by atoms with E-state index in [-0.39, 0.29) is 0 Å². The lowest BCUT2D eigenvalue weighted by Gasteiger charge is -2.42. The fourth-order valence-corrected chi connectivity index (χ4v) is 2.21. The second-order valence-corrected chi connectivity index (χ2v) is 4.31. The van der Waals surface area contributed by atoms with E-state index in [1.54, 1.807) is 21.0 Å². The Morgan fingerprint density at radius 1 is 1.20 bits per heavy atom. The number of aliphatic hydroxyl groups is 1. The van der Waals surface area contributed by atoms with E-state index in [9.17, 15) is 5.11 Å². The van der Waals surface area contributed by atoms with Crippen LogP contribution in [0.25, 0.3) is 0 Å². The van der Waals surface area contributed by atoms with Gasteiger partial charge in [-0.1, -0.05) is 37.3 Å². The van der Waals surface area contributed by atoms with Gasteiger partial charge in [0.05, 0.1) is 5.60 Å². The quantitative estimate of drug-likeness (QED) is 0.824. The molecule has 0 bridgehead atoms. The summed E-state index contributed by atoms with van der Waals surface area (Å²) in [7, 11) is 1.65. The minimum atomic E-state index is -0.905. The van der Waals surface area contributed by atoms with E-state index in [0.29, 0.717) is 0 Å². The Morgan fingerprint density at radius 2 is 1.73 bits per heavy atom. The lowest BCUT2D eigenvalue weighted by Crippen LogP contribution is -2.48. The molecule has 0 saturated heterocycles. The maximum Gasteiger partial charge on any atom is 0.120 e. The molecule has 0 saturated carbocycles. The first kappa shape index (κ1) is 12.2. The summed E-state index contributed by atoms with van der Waals surface area (Å²) in [6, 6.07) is 9.87. The maximum absolute atomic E-state index is 10.3. The van der Waals surface area contributed by atoms with E-state index in [1.165, 1.54) is 0 Å². The second-order valence-electron chi connectivity index (χ2n) is 4.31. The van der Waals surface area contributed by atoms with Gasteiger partial charge in [0.2, 0.25) is 0 Å². The third kappa shape index (κ3) is 2.06. The molecule has 0 aliphatic rings. The van der Waals surface area contributed by atoms with Crippen molar-refractivity contribution in [3.63, 3.8) is 0 Å². The summed E-state index contributed by atoms with van der Waals surface area (Å²) in [6.07, 6.45) is 0.733. The molecule has 0 heterocycles. The molecule has 0 aliphatic heterocycles. The van der Waals surface area contributed by atoms with Gasteiger partial charge in [0.25, 0.3) is 0 Å². The Kier molecular flexibility index (Phi) is 3.53. The summed E-state index contributed by atoms with van der Waals surface area (Å²) in [5, 5.41) is 10.3. The first-order valence-electron chi connectivity index (χ1n) is 5.31. The fraction of sp³-hybridized carbons (Fsp3) is 0.538. The van der Waals surface area contributed by atoms with Crippen LogP contribution < -0.4 is 0 Å². The van der Waals surface area contributed by atoms with Crippen molar-refractivity contribution in [1.29, 1.82) is 0 Å². The number of methoxy groups -OCH3 is 1. The van der Waals surface area contributed by atoms with Crippen LogP contribution in [-0.4, -0.2) is 17.8 Å². The topological polar surface area (TPSA) is 29.5 Å². The number of benzene rings is 1. The molecule has 1 aromatic rings. The SMILES string of the molecule is CCC(OC)(c1ccccc1)C(C)(C)O. The largest absolute Gasteiger partial charge is 0.387 e. The summed E-state index contributed by atoms with van der Waals surface area (Å²) < 4.78 is 5.59. The van der Waals surface area contributed by atoms with Gasteiger partial charge in [-0.3, -0.25) is 0 Å². The molecule has 0 aromatic heterocycles. The van der Waals surface area contributed by atoms with Crippen LogP contribution in [0.1, 0.15) is 32.8 Å². The summed E-state index contributed by atoms with van der Waals surface area (Å²) in [4.78, 5) is 0. The Hall–Kier alpha value is -0.860. The average molecular weight is 208 g/mol. The average Bonchev–Trinajstić information content (AvgIpc) is 2.20. The Morgan fingerprint density at radius 3 is 2.07 bits per heavy atom. The highest BCUT2D eigenvalue weighted by molar-refractivity contribution is 5.25. The van der Waals surface area contributed by atoms with E-state index >= 15 is 0 Å². The molecular formula is C13H20O2. The van der Waals surface area contributed by atoms with Crippen molar-refractivity contribution in [2.24, 2.45) is 0 Å². The van der Waals surface area contributed by atoms with Gasteiger partial charge in [-0.25, -0.2) is 0 Å². The summed E-state index contributed by atoms with van der Waals surface area (Å²) in [6.45, 7) is 5.59. The van der Waals surface area contributed by atoms with E-state index in [4.69, 9.17) is 4.74 Å². The van der Waals surface area contributed by atoms with Crippen molar-refractivity contribution in [3.8, 4) is 0 Å². The summed E-state index contributed by atoms with van der Waals surface area (Å²) in [5.41, 5.74) is -0.519. The van der Waals surface area contributed by atoms with Crippen LogP contribution in [0.3, 0.4) is 0 Å². The predicted octanol–water partition coefficient (Wildman–Crippen LogP) is 2.71. The van der Waals surface area contributed by atoms with E-state index in [0.717, 1.165) is 12.0 Å². The molecule has 84 valence electrons. The molecule has 1 aromatic carbocycles. The second kappa shape index (κ2) is 4.33. The Balaban J connectivity index is 3.24. The fourth-order valence-electron chi connectivity index (χ4n) is 2.21. The van der Waals surface area contributed by atoms with E-state index < -0.39 is 11.2 Å². The van der Waals surface area contributed by atoms with Gasteiger partial charge in [0, 0.05) is 7.11 Å².